The van der Waals surface area contributed by atoms with Gasteiger partial charge in [0, 0.05) is 7.11 Å². The van der Waals surface area contributed by atoms with Crippen LogP contribution in [0.2, 0.25) is 0 Å². The molecule has 5 heteroatoms. The molecule has 0 amide bonds. The molecule has 0 aromatic rings. The zero-order valence-corrected chi connectivity index (χ0v) is 6.10. The molecule has 0 saturated carbocycles. The largest absolute Gasteiger partial charge is 0.367 e. The van der Waals surface area contributed by atoms with Gasteiger partial charge in [-0.25, -0.2) is 0 Å². The predicted octanol–water partition coefficient (Wildman–Crippen LogP) is 0.867. The monoisotopic (exact) mass is 161 g/mol. The molecular formula is C4H10ClF2NO. The zero-order valence-electron chi connectivity index (χ0n) is 5.28. The third-order valence-electron chi connectivity index (χ3n) is 0.681. The van der Waals surface area contributed by atoms with Gasteiger partial charge in [0.15, 0.2) is 0 Å². The highest BCUT2D eigenvalue weighted by molar-refractivity contribution is 5.85. The standard InChI is InChI=1S/C4H9F2NO.ClH/c1-7-3-4(5,6)8-2;/h7H,3H2,1-2H3;1H. The van der Waals surface area contributed by atoms with Crippen molar-refractivity contribution < 1.29 is 13.5 Å². The van der Waals surface area contributed by atoms with Crippen LogP contribution < -0.4 is 5.32 Å². The lowest BCUT2D eigenvalue weighted by Gasteiger charge is -2.11. The van der Waals surface area contributed by atoms with Gasteiger partial charge in [0.1, 0.15) is 0 Å². The van der Waals surface area contributed by atoms with Gasteiger partial charge in [0.25, 0.3) is 0 Å². The number of likely N-dealkylation sites (N-methyl/N-ethyl adjacent to an activating group) is 1. The number of nitrogens with one attached hydrogen (secondary N) is 1. The Morgan fingerprint density at radius 3 is 2.11 bits per heavy atom. The van der Waals surface area contributed by atoms with Crippen molar-refractivity contribution in [2.75, 3.05) is 20.7 Å². The second-order valence-electron chi connectivity index (χ2n) is 1.37. The van der Waals surface area contributed by atoms with Crippen molar-refractivity contribution in [3.8, 4) is 0 Å². The lowest BCUT2D eigenvalue weighted by atomic mass is 10.6. The first-order chi connectivity index (χ1) is 3.62. The molecule has 58 valence electrons. The van der Waals surface area contributed by atoms with Crippen molar-refractivity contribution in [1.29, 1.82) is 0 Å². The number of rotatable bonds is 3. The molecule has 0 unspecified atom stereocenters. The summed E-state index contributed by atoms with van der Waals surface area (Å²) in [4.78, 5) is 0. The molecule has 0 atom stereocenters. The Hall–Kier alpha value is 0.0700. The predicted molar refractivity (Wildman–Crippen MR) is 33.1 cm³/mol. The van der Waals surface area contributed by atoms with Gasteiger partial charge in [0.05, 0.1) is 6.54 Å². The summed E-state index contributed by atoms with van der Waals surface area (Å²) in [5.74, 6) is 0. The maximum absolute atomic E-state index is 11.9. The average molecular weight is 162 g/mol. The van der Waals surface area contributed by atoms with Crippen LogP contribution in [0.1, 0.15) is 0 Å². The first-order valence-corrected chi connectivity index (χ1v) is 2.20. The molecule has 0 aliphatic rings. The van der Waals surface area contributed by atoms with Crippen LogP contribution in [0.3, 0.4) is 0 Å². The van der Waals surface area contributed by atoms with Crippen LogP contribution >= 0.6 is 12.4 Å². The lowest BCUT2D eigenvalue weighted by molar-refractivity contribution is -0.216. The van der Waals surface area contributed by atoms with Crippen LogP contribution in [-0.2, 0) is 4.74 Å². The van der Waals surface area contributed by atoms with Crippen LogP contribution in [0, 0.1) is 0 Å². The highest BCUT2D eigenvalue weighted by Gasteiger charge is 2.26. The van der Waals surface area contributed by atoms with Gasteiger partial charge in [-0.2, -0.15) is 8.78 Å². The number of hydrogen-bond acceptors (Lipinski definition) is 2. The minimum absolute atomic E-state index is 0. The SMILES string of the molecule is CNCC(F)(F)OC.Cl. The zero-order chi connectivity index (χ0) is 6.62. The first kappa shape index (κ1) is 11.8. The highest BCUT2D eigenvalue weighted by atomic mass is 35.5. The van der Waals surface area contributed by atoms with Crippen molar-refractivity contribution in [3.63, 3.8) is 0 Å². The Balaban J connectivity index is 0. The van der Waals surface area contributed by atoms with E-state index in [2.05, 4.69) is 10.1 Å². The van der Waals surface area contributed by atoms with Crippen LogP contribution in [-0.4, -0.2) is 26.8 Å². The van der Waals surface area contributed by atoms with Gasteiger partial charge < -0.3 is 10.1 Å². The van der Waals surface area contributed by atoms with E-state index in [1.54, 1.807) is 0 Å². The smallest absolute Gasteiger partial charge is 0.323 e. The second kappa shape index (κ2) is 4.90. The Labute approximate surface area is 59.0 Å². The van der Waals surface area contributed by atoms with E-state index >= 15 is 0 Å². The number of hydrogen-bond donors (Lipinski definition) is 1. The molecule has 0 radical (unpaired) electrons. The van der Waals surface area contributed by atoms with E-state index < -0.39 is 12.7 Å². The van der Waals surface area contributed by atoms with Crippen molar-refractivity contribution >= 4 is 12.4 Å². The number of methoxy groups -OCH3 is 1. The van der Waals surface area contributed by atoms with Crippen LogP contribution in [0.25, 0.3) is 0 Å². The van der Waals surface area contributed by atoms with E-state index in [1.165, 1.54) is 7.05 Å². The fourth-order valence-corrected chi connectivity index (χ4v) is 0.278. The number of halogens is 3. The summed E-state index contributed by atoms with van der Waals surface area (Å²) < 4.78 is 27.5. The summed E-state index contributed by atoms with van der Waals surface area (Å²) in [5, 5.41) is 2.28. The third-order valence-corrected chi connectivity index (χ3v) is 0.681. The topological polar surface area (TPSA) is 21.3 Å². The van der Waals surface area contributed by atoms with E-state index in [1.807, 2.05) is 0 Å². The van der Waals surface area contributed by atoms with Crippen molar-refractivity contribution in [3.05, 3.63) is 0 Å². The summed E-state index contributed by atoms with van der Waals surface area (Å²) in [6, 6.07) is 0. The third kappa shape index (κ3) is 5.95. The molecule has 0 aromatic heterocycles. The normalized spacial score (nSPS) is 10.7. The Morgan fingerprint density at radius 2 is 2.00 bits per heavy atom. The minimum Gasteiger partial charge on any atom is -0.323 e. The molecule has 0 saturated heterocycles. The van der Waals surface area contributed by atoms with Crippen LogP contribution in [0.5, 0.6) is 0 Å². The number of alkyl halides is 2. The Kier molecular flexibility index (Phi) is 6.44. The summed E-state index contributed by atoms with van der Waals surface area (Å²) in [5.41, 5.74) is 0. The molecule has 0 aromatic carbocycles. The fourth-order valence-electron chi connectivity index (χ4n) is 0.278. The van der Waals surface area contributed by atoms with Gasteiger partial charge in [-0.1, -0.05) is 0 Å². The maximum Gasteiger partial charge on any atom is 0.367 e. The van der Waals surface area contributed by atoms with Crippen LogP contribution in [0.15, 0.2) is 0 Å². The molecule has 0 bridgehead atoms. The summed E-state index contributed by atoms with van der Waals surface area (Å²) >= 11 is 0. The average Bonchev–Trinajstić information content (AvgIpc) is 1.67. The van der Waals surface area contributed by atoms with Crippen LogP contribution in [0.4, 0.5) is 8.78 Å². The Morgan fingerprint density at radius 1 is 1.56 bits per heavy atom. The Bertz CT molecular complexity index is 71.6. The van der Waals surface area contributed by atoms with Gasteiger partial charge in [-0.3, -0.25) is 0 Å². The second-order valence-corrected chi connectivity index (χ2v) is 1.37. The van der Waals surface area contributed by atoms with Gasteiger partial charge in [-0.15, -0.1) is 12.4 Å². The lowest BCUT2D eigenvalue weighted by Crippen LogP contribution is -2.31. The summed E-state index contributed by atoms with van der Waals surface area (Å²) in [6.07, 6.45) is -3.02. The molecule has 2 nitrogen and oxygen atoms in total. The molecule has 1 N–H and O–H groups in total. The fraction of sp³-hybridized carbons (Fsp3) is 1.00. The maximum atomic E-state index is 11.9. The number of ether oxygens (including phenoxy) is 1. The van der Waals surface area contributed by atoms with E-state index in [-0.39, 0.29) is 12.4 Å². The minimum atomic E-state index is -3.02. The van der Waals surface area contributed by atoms with Crippen molar-refractivity contribution in [1.82, 2.24) is 5.32 Å². The summed E-state index contributed by atoms with van der Waals surface area (Å²) in [7, 11) is 2.41. The van der Waals surface area contributed by atoms with Gasteiger partial charge >= 0.3 is 6.11 Å². The van der Waals surface area contributed by atoms with Crippen molar-refractivity contribution in [2.24, 2.45) is 0 Å². The van der Waals surface area contributed by atoms with E-state index in [0.29, 0.717) is 0 Å². The van der Waals surface area contributed by atoms with E-state index in [9.17, 15) is 8.78 Å². The van der Waals surface area contributed by atoms with Gasteiger partial charge in [-0.05, 0) is 7.05 Å². The highest BCUT2D eigenvalue weighted by Crippen LogP contribution is 2.10. The van der Waals surface area contributed by atoms with E-state index in [0.717, 1.165) is 7.11 Å². The van der Waals surface area contributed by atoms with E-state index in [4.69, 9.17) is 0 Å². The molecular weight excluding hydrogens is 151 g/mol. The molecule has 0 spiro atoms. The molecule has 0 heterocycles. The summed E-state index contributed by atoms with van der Waals surface area (Å²) in [6.45, 7) is -0.441. The molecule has 0 rings (SSSR count). The first-order valence-electron chi connectivity index (χ1n) is 2.20. The molecule has 0 aliphatic carbocycles. The molecule has 0 aliphatic heterocycles. The molecule has 9 heavy (non-hydrogen) atoms. The molecule has 0 fully saturated rings. The quantitative estimate of drug-likeness (QED) is 0.663. The van der Waals surface area contributed by atoms with Gasteiger partial charge in [0.2, 0.25) is 0 Å². The van der Waals surface area contributed by atoms with Crippen molar-refractivity contribution in [2.45, 2.75) is 6.11 Å².